The fourth-order valence-electron chi connectivity index (χ4n) is 1.86. The van der Waals surface area contributed by atoms with Gasteiger partial charge in [0.25, 0.3) is 5.91 Å². The van der Waals surface area contributed by atoms with Gasteiger partial charge in [0.15, 0.2) is 10.4 Å². The lowest BCUT2D eigenvalue weighted by molar-refractivity contribution is -0.154. The summed E-state index contributed by atoms with van der Waals surface area (Å²) in [6.07, 6.45) is -0.571. The highest BCUT2D eigenvalue weighted by molar-refractivity contribution is 8.01. The largest absolute Gasteiger partial charge is 0.453 e. The minimum atomic E-state index is -0.804. The Morgan fingerprint density at radius 2 is 2.17 bits per heavy atom. The SMILES string of the molecule is COCCNC(=O)[C@H](C)OC(=O)CCSc1nc2ccccc2s1. The normalized spacial score (nSPS) is 12.1. The number of para-hydroxylation sites is 1. The molecule has 0 bridgehead atoms. The molecule has 0 aliphatic heterocycles. The molecule has 0 aliphatic carbocycles. The van der Waals surface area contributed by atoms with E-state index in [-0.39, 0.29) is 12.3 Å². The number of aromatic nitrogens is 1. The molecule has 0 aliphatic rings. The fourth-order valence-corrected chi connectivity index (χ4v) is 3.92. The van der Waals surface area contributed by atoms with Crippen molar-refractivity contribution in [2.75, 3.05) is 26.0 Å². The standard InChI is InChI=1S/C16H20N2O4S2/c1-11(15(20)17-8-9-21-2)22-14(19)7-10-23-16-18-12-5-3-4-6-13(12)24-16/h3-6,11H,7-10H2,1-2H3,(H,17,20)/t11-/m0/s1. The molecule has 1 atom stereocenters. The summed E-state index contributed by atoms with van der Waals surface area (Å²) < 4.78 is 12.0. The van der Waals surface area contributed by atoms with Crippen LogP contribution in [0.4, 0.5) is 0 Å². The highest BCUT2D eigenvalue weighted by Crippen LogP contribution is 2.29. The van der Waals surface area contributed by atoms with Crippen LogP contribution in [0.3, 0.4) is 0 Å². The summed E-state index contributed by atoms with van der Waals surface area (Å²) in [5.41, 5.74) is 0.967. The number of benzene rings is 1. The third-order valence-corrected chi connectivity index (χ3v) is 5.27. The third-order valence-electron chi connectivity index (χ3n) is 3.09. The lowest BCUT2D eigenvalue weighted by atomic mass is 10.3. The maximum Gasteiger partial charge on any atom is 0.307 e. The first kappa shape index (κ1) is 18.7. The maximum absolute atomic E-state index is 11.8. The van der Waals surface area contributed by atoms with Crippen LogP contribution < -0.4 is 5.32 Å². The Hall–Kier alpha value is -1.64. The fraction of sp³-hybridized carbons (Fsp3) is 0.438. The predicted molar refractivity (Wildman–Crippen MR) is 95.4 cm³/mol. The molecule has 0 unspecified atom stereocenters. The van der Waals surface area contributed by atoms with Gasteiger partial charge in [0, 0.05) is 19.4 Å². The summed E-state index contributed by atoms with van der Waals surface area (Å²) >= 11 is 3.12. The molecule has 24 heavy (non-hydrogen) atoms. The summed E-state index contributed by atoms with van der Waals surface area (Å²) in [5.74, 6) is -0.145. The van der Waals surface area contributed by atoms with Crippen LogP contribution in [0.25, 0.3) is 10.2 Å². The van der Waals surface area contributed by atoms with E-state index in [1.54, 1.807) is 25.4 Å². The van der Waals surface area contributed by atoms with E-state index >= 15 is 0 Å². The second-order valence-electron chi connectivity index (χ2n) is 4.96. The second kappa shape index (κ2) is 9.61. The Labute approximate surface area is 148 Å². The van der Waals surface area contributed by atoms with Crippen molar-refractivity contribution in [3.05, 3.63) is 24.3 Å². The van der Waals surface area contributed by atoms with Gasteiger partial charge >= 0.3 is 5.97 Å². The second-order valence-corrected chi connectivity index (χ2v) is 7.33. The molecule has 0 saturated carbocycles. The number of hydrogen-bond donors (Lipinski definition) is 1. The molecule has 1 aromatic carbocycles. The number of amides is 1. The van der Waals surface area contributed by atoms with Gasteiger partial charge in [0.2, 0.25) is 0 Å². The first-order valence-electron chi connectivity index (χ1n) is 7.54. The molecule has 2 aromatic rings. The van der Waals surface area contributed by atoms with E-state index in [0.717, 1.165) is 14.6 Å². The van der Waals surface area contributed by atoms with Crippen LogP contribution in [0, 0.1) is 0 Å². The molecule has 1 heterocycles. The molecule has 1 aromatic heterocycles. The van der Waals surface area contributed by atoms with Crippen molar-refractivity contribution in [3.63, 3.8) is 0 Å². The zero-order valence-electron chi connectivity index (χ0n) is 13.6. The van der Waals surface area contributed by atoms with Crippen LogP contribution >= 0.6 is 23.1 Å². The smallest absolute Gasteiger partial charge is 0.307 e. The number of methoxy groups -OCH3 is 1. The van der Waals surface area contributed by atoms with Crippen molar-refractivity contribution in [2.45, 2.75) is 23.8 Å². The highest BCUT2D eigenvalue weighted by Gasteiger charge is 2.17. The average Bonchev–Trinajstić information content (AvgIpc) is 2.97. The van der Waals surface area contributed by atoms with Gasteiger partial charge in [-0.3, -0.25) is 9.59 Å². The van der Waals surface area contributed by atoms with Gasteiger partial charge in [0.05, 0.1) is 23.2 Å². The van der Waals surface area contributed by atoms with Crippen LogP contribution in [0.2, 0.25) is 0 Å². The Morgan fingerprint density at radius 3 is 2.92 bits per heavy atom. The van der Waals surface area contributed by atoms with Crippen molar-refractivity contribution in [2.24, 2.45) is 0 Å². The molecule has 130 valence electrons. The molecule has 0 fully saturated rings. The summed E-state index contributed by atoms with van der Waals surface area (Å²) in [6, 6.07) is 7.92. The van der Waals surface area contributed by atoms with Gasteiger partial charge < -0.3 is 14.8 Å². The molecule has 8 heteroatoms. The Morgan fingerprint density at radius 1 is 1.38 bits per heavy atom. The summed E-state index contributed by atoms with van der Waals surface area (Å²) in [4.78, 5) is 28.0. The Bertz CT molecular complexity index is 657. The number of carbonyl (C=O) groups excluding carboxylic acids is 2. The van der Waals surface area contributed by atoms with Crippen molar-refractivity contribution < 1.29 is 19.1 Å². The highest BCUT2D eigenvalue weighted by atomic mass is 32.2. The summed E-state index contributed by atoms with van der Waals surface area (Å²) in [5, 5.41) is 2.63. The van der Waals surface area contributed by atoms with Crippen LogP contribution in [-0.2, 0) is 19.1 Å². The number of thiazole rings is 1. The van der Waals surface area contributed by atoms with Gasteiger partial charge in [-0.2, -0.15) is 0 Å². The minimum absolute atomic E-state index is 0.232. The molecule has 0 spiro atoms. The van der Waals surface area contributed by atoms with E-state index in [0.29, 0.717) is 18.9 Å². The lowest BCUT2D eigenvalue weighted by Crippen LogP contribution is -2.37. The van der Waals surface area contributed by atoms with E-state index in [4.69, 9.17) is 9.47 Å². The minimum Gasteiger partial charge on any atom is -0.453 e. The first-order chi connectivity index (χ1) is 11.6. The van der Waals surface area contributed by atoms with Crippen LogP contribution in [0.15, 0.2) is 28.6 Å². The number of rotatable bonds is 9. The molecular weight excluding hydrogens is 348 g/mol. The van der Waals surface area contributed by atoms with Gasteiger partial charge in [-0.15, -0.1) is 11.3 Å². The average molecular weight is 368 g/mol. The van der Waals surface area contributed by atoms with Gasteiger partial charge in [-0.1, -0.05) is 23.9 Å². The Balaban J connectivity index is 1.69. The predicted octanol–water partition coefficient (Wildman–Crippen LogP) is 2.47. The van der Waals surface area contributed by atoms with E-state index in [1.165, 1.54) is 11.8 Å². The zero-order valence-corrected chi connectivity index (χ0v) is 15.2. The third kappa shape index (κ3) is 5.77. The van der Waals surface area contributed by atoms with Crippen molar-refractivity contribution in [1.82, 2.24) is 10.3 Å². The number of nitrogens with one attached hydrogen (secondary N) is 1. The molecule has 1 N–H and O–H groups in total. The number of carbonyl (C=O) groups is 2. The maximum atomic E-state index is 11.8. The van der Waals surface area contributed by atoms with Crippen LogP contribution in [-0.4, -0.2) is 49.0 Å². The van der Waals surface area contributed by atoms with E-state index in [9.17, 15) is 9.59 Å². The lowest BCUT2D eigenvalue weighted by Gasteiger charge is -2.13. The molecular formula is C16H20N2O4S2. The topological polar surface area (TPSA) is 77.5 Å². The number of thioether (sulfide) groups is 1. The van der Waals surface area contributed by atoms with E-state index in [1.807, 2.05) is 24.3 Å². The van der Waals surface area contributed by atoms with Crippen molar-refractivity contribution >= 4 is 45.2 Å². The number of nitrogens with zero attached hydrogens (tertiary/aromatic N) is 1. The molecule has 0 saturated heterocycles. The van der Waals surface area contributed by atoms with Gasteiger partial charge in [-0.25, -0.2) is 4.98 Å². The number of fused-ring (bicyclic) bond motifs is 1. The number of hydrogen-bond acceptors (Lipinski definition) is 7. The first-order valence-corrected chi connectivity index (χ1v) is 9.35. The van der Waals surface area contributed by atoms with Crippen LogP contribution in [0.1, 0.15) is 13.3 Å². The quantitative estimate of drug-likeness (QED) is 0.416. The molecule has 1 amide bonds. The molecule has 0 radical (unpaired) electrons. The van der Waals surface area contributed by atoms with Crippen molar-refractivity contribution in [1.29, 1.82) is 0 Å². The molecule has 2 rings (SSSR count). The monoisotopic (exact) mass is 368 g/mol. The zero-order chi connectivity index (χ0) is 17.4. The van der Waals surface area contributed by atoms with E-state index in [2.05, 4.69) is 10.3 Å². The molecule has 6 nitrogen and oxygen atoms in total. The van der Waals surface area contributed by atoms with Crippen molar-refractivity contribution in [3.8, 4) is 0 Å². The van der Waals surface area contributed by atoms with Gasteiger partial charge in [-0.05, 0) is 19.1 Å². The number of esters is 1. The summed E-state index contributed by atoms with van der Waals surface area (Å²) in [7, 11) is 1.55. The number of ether oxygens (including phenoxy) is 2. The van der Waals surface area contributed by atoms with Crippen LogP contribution in [0.5, 0.6) is 0 Å². The van der Waals surface area contributed by atoms with E-state index < -0.39 is 12.1 Å². The summed E-state index contributed by atoms with van der Waals surface area (Å²) in [6.45, 7) is 2.37. The van der Waals surface area contributed by atoms with Gasteiger partial charge in [0.1, 0.15) is 0 Å². The Kier molecular flexibility index (Phi) is 7.48.